The summed E-state index contributed by atoms with van der Waals surface area (Å²) < 4.78 is 22.5. The van der Waals surface area contributed by atoms with Gasteiger partial charge in [-0.3, -0.25) is 0 Å². The molecule has 17 heavy (non-hydrogen) atoms. The normalized spacial score (nSPS) is 24.8. The van der Waals surface area contributed by atoms with Crippen LogP contribution in [0.5, 0.6) is 0 Å². The highest BCUT2D eigenvalue weighted by Gasteiger charge is 2.23. The molecule has 0 bridgehead atoms. The number of nitrogens with zero attached hydrogens (tertiary/aromatic N) is 1. The van der Waals surface area contributed by atoms with Crippen molar-refractivity contribution in [3.63, 3.8) is 0 Å². The van der Waals surface area contributed by atoms with E-state index in [2.05, 4.69) is 17.2 Å². The molecule has 1 saturated heterocycles. The Bertz CT molecular complexity index is 485. The van der Waals surface area contributed by atoms with Gasteiger partial charge in [0.1, 0.15) is 0 Å². The molecule has 1 aliphatic rings. The lowest BCUT2D eigenvalue weighted by Gasteiger charge is -2.17. The number of pyridine rings is 1. The SMILES string of the molecule is CC1SCCC1Nc1ccc(S(C)(=O)=O)nc1. The van der Waals surface area contributed by atoms with Crippen molar-refractivity contribution in [2.75, 3.05) is 17.3 Å². The van der Waals surface area contributed by atoms with Gasteiger partial charge in [0, 0.05) is 17.5 Å². The molecule has 2 rings (SSSR count). The molecule has 1 aliphatic heterocycles. The van der Waals surface area contributed by atoms with Gasteiger partial charge < -0.3 is 5.32 Å². The maximum atomic E-state index is 11.3. The Morgan fingerprint density at radius 3 is 2.71 bits per heavy atom. The summed E-state index contributed by atoms with van der Waals surface area (Å²) >= 11 is 1.95. The van der Waals surface area contributed by atoms with Crippen molar-refractivity contribution in [1.29, 1.82) is 0 Å². The predicted octanol–water partition coefficient (Wildman–Crippen LogP) is 1.79. The molecule has 0 amide bonds. The third-order valence-corrected chi connectivity index (χ3v) is 5.17. The van der Waals surface area contributed by atoms with E-state index in [1.54, 1.807) is 18.3 Å². The zero-order valence-corrected chi connectivity index (χ0v) is 11.5. The Hall–Kier alpha value is -0.750. The van der Waals surface area contributed by atoms with Gasteiger partial charge >= 0.3 is 0 Å². The highest BCUT2D eigenvalue weighted by molar-refractivity contribution is 8.00. The van der Waals surface area contributed by atoms with E-state index in [1.165, 1.54) is 5.75 Å². The first-order chi connectivity index (χ1) is 7.97. The fraction of sp³-hybridized carbons (Fsp3) is 0.545. The largest absolute Gasteiger partial charge is 0.380 e. The molecule has 0 spiro atoms. The van der Waals surface area contributed by atoms with Gasteiger partial charge in [0.2, 0.25) is 0 Å². The number of nitrogens with one attached hydrogen (secondary N) is 1. The summed E-state index contributed by atoms with van der Waals surface area (Å²) in [6.07, 6.45) is 3.89. The van der Waals surface area contributed by atoms with Crippen LogP contribution in [0.25, 0.3) is 0 Å². The molecule has 1 N–H and O–H groups in total. The molecule has 2 unspecified atom stereocenters. The summed E-state index contributed by atoms with van der Waals surface area (Å²) in [5.41, 5.74) is 0.886. The van der Waals surface area contributed by atoms with Crippen LogP contribution in [0.1, 0.15) is 13.3 Å². The van der Waals surface area contributed by atoms with Crippen LogP contribution in [-0.4, -0.2) is 36.7 Å². The maximum Gasteiger partial charge on any atom is 0.192 e. The molecule has 4 nitrogen and oxygen atoms in total. The summed E-state index contributed by atoms with van der Waals surface area (Å²) in [7, 11) is -3.20. The molecule has 1 aromatic rings. The second-order valence-corrected chi connectivity index (χ2v) is 7.72. The topological polar surface area (TPSA) is 59.1 Å². The van der Waals surface area contributed by atoms with Crippen LogP contribution in [0.3, 0.4) is 0 Å². The minimum Gasteiger partial charge on any atom is -0.380 e. The zero-order valence-electron chi connectivity index (χ0n) is 9.88. The first kappa shape index (κ1) is 12.7. The quantitative estimate of drug-likeness (QED) is 0.909. The van der Waals surface area contributed by atoms with Crippen molar-refractivity contribution in [2.24, 2.45) is 0 Å². The average molecular weight is 272 g/mol. The molecule has 0 radical (unpaired) electrons. The summed E-state index contributed by atoms with van der Waals surface area (Å²) in [5, 5.41) is 4.10. The van der Waals surface area contributed by atoms with Crippen LogP contribution in [0.15, 0.2) is 23.4 Å². The number of rotatable bonds is 3. The van der Waals surface area contributed by atoms with Crippen molar-refractivity contribution >= 4 is 27.3 Å². The summed E-state index contributed by atoms with van der Waals surface area (Å²) in [6, 6.07) is 3.77. The molecule has 0 aromatic carbocycles. The van der Waals surface area contributed by atoms with Gasteiger partial charge in [-0.2, -0.15) is 11.8 Å². The molecular weight excluding hydrogens is 256 g/mol. The molecule has 0 aliphatic carbocycles. The van der Waals surface area contributed by atoms with E-state index < -0.39 is 9.84 Å². The first-order valence-electron chi connectivity index (χ1n) is 5.51. The van der Waals surface area contributed by atoms with Crippen LogP contribution < -0.4 is 5.32 Å². The number of aromatic nitrogens is 1. The minimum absolute atomic E-state index is 0.122. The number of thioether (sulfide) groups is 1. The summed E-state index contributed by atoms with van der Waals surface area (Å²) in [6.45, 7) is 2.20. The molecule has 1 fully saturated rings. The number of sulfone groups is 1. The van der Waals surface area contributed by atoms with Gasteiger partial charge in [-0.25, -0.2) is 13.4 Å². The van der Waals surface area contributed by atoms with E-state index >= 15 is 0 Å². The Balaban J connectivity index is 2.08. The summed E-state index contributed by atoms with van der Waals surface area (Å²) in [4.78, 5) is 3.96. The van der Waals surface area contributed by atoms with E-state index in [1.807, 2.05) is 11.8 Å². The number of anilines is 1. The Morgan fingerprint density at radius 2 is 2.24 bits per heavy atom. The lowest BCUT2D eigenvalue weighted by atomic mass is 10.1. The van der Waals surface area contributed by atoms with E-state index in [0.29, 0.717) is 11.3 Å². The van der Waals surface area contributed by atoms with E-state index in [-0.39, 0.29) is 5.03 Å². The van der Waals surface area contributed by atoms with Gasteiger partial charge in [0.25, 0.3) is 0 Å². The molecule has 6 heteroatoms. The average Bonchev–Trinajstić information content (AvgIpc) is 2.64. The Morgan fingerprint density at radius 1 is 1.47 bits per heavy atom. The summed E-state index contributed by atoms with van der Waals surface area (Å²) in [5.74, 6) is 1.17. The fourth-order valence-corrected chi connectivity index (χ4v) is 3.58. The molecule has 2 heterocycles. The maximum absolute atomic E-state index is 11.3. The third-order valence-electron chi connectivity index (χ3n) is 2.84. The Kier molecular flexibility index (Phi) is 3.63. The van der Waals surface area contributed by atoms with Gasteiger partial charge in [0.15, 0.2) is 14.9 Å². The molecule has 1 aromatic heterocycles. The lowest BCUT2D eigenvalue weighted by Crippen LogP contribution is -2.24. The zero-order chi connectivity index (χ0) is 12.5. The van der Waals surface area contributed by atoms with Crippen molar-refractivity contribution in [1.82, 2.24) is 4.98 Å². The Labute approximate surface area is 106 Å². The van der Waals surface area contributed by atoms with Crippen molar-refractivity contribution in [2.45, 2.75) is 29.7 Å². The van der Waals surface area contributed by atoms with E-state index in [0.717, 1.165) is 18.4 Å². The van der Waals surface area contributed by atoms with Crippen molar-refractivity contribution in [3.05, 3.63) is 18.3 Å². The van der Waals surface area contributed by atoms with Gasteiger partial charge in [-0.1, -0.05) is 6.92 Å². The van der Waals surface area contributed by atoms with E-state index in [9.17, 15) is 8.42 Å². The van der Waals surface area contributed by atoms with E-state index in [4.69, 9.17) is 0 Å². The minimum atomic E-state index is -3.20. The lowest BCUT2D eigenvalue weighted by molar-refractivity contribution is 0.598. The highest BCUT2D eigenvalue weighted by atomic mass is 32.2. The molecule has 0 saturated carbocycles. The molecule has 2 atom stereocenters. The van der Waals surface area contributed by atoms with Crippen molar-refractivity contribution in [3.8, 4) is 0 Å². The number of hydrogen-bond acceptors (Lipinski definition) is 5. The van der Waals surface area contributed by atoms with Crippen LogP contribution in [-0.2, 0) is 9.84 Å². The van der Waals surface area contributed by atoms with Crippen LogP contribution >= 0.6 is 11.8 Å². The smallest absolute Gasteiger partial charge is 0.192 e. The van der Waals surface area contributed by atoms with Crippen LogP contribution in [0.4, 0.5) is 5.69 Å². The first-order valence-corrected chi connectivity index (χ1v) is 8.45. The molecular formula is C11H16N2O2S2. The van der Waals surface area contributed by atoms with Crippen LogP contribution in [0, 0.1) is 0 Å². The van der Waals surface area contributed by atoms with Gasteiger partial charge in [-0.15, -0.1) is 0 Å². The fourth-order valence-electron chi connectivity index (χ4n) is 1.82. The van der Waals surface area contributed by atoms with Gasteiger partial charge in [-0.05, 0) is 24.3 Å². The molecule has 94 valence electrons. The second-order valence-electron chi connectivity index (χ2n) is 4.27. The standard InChI is InChI=1S/C11H16N2O2S2/c1-8-10(5-6-16-8)13-9-3-4-11(12-7-9)17(2,14)15/h3-4,7-8,10,13H,5-6H2,1-2H3. The number of hydrogen-bond donors (Lipinski definition) is 1. The third kappa shape index (κ3) is 3.13. The predicted molar refractivity (Wildman–Crippen MR) is 71.3 cm³/mol. The highest BCUT2D eigenvalue weighted by Crippen LogP contribution is 2.28. The second kappa shape index (κ2) is 4.86. The van der Waals surface area contributed by atoms with Gasteiger partial charge in [0.05, 0.1) is 11.9 Å². The van der Waals surface area contributed by atoms with Crippen LogP contribution in [0.2, 0.25) is 0 Å². The van der Waals surface area contributed by atoms with Crippen molar-refractivity contribution < 1.29 is 8.42 Å². The monoisotopic (exact) mass is 272 g/mol.